The largest absolute Gasteiger partial charge is 0.507 e. The van der Waals surface area contributed by atoms with E-state index in [0.29, 0.717) is 11.5 Å². The molecule has 0 bridgehead atoms. The first-order valence-electron chi connectivity index (χ1n) is 5.30. The van der Waals surface area contributed by atoms with E-state index in [1.807, 2.05) is 18.2 Å². The summed E-state index contributed by atoms with van der Waals surface area (Å²) >= 11 is 0. The van der Waals surface area contributed by atoms with Gasteiger partial charge >= 0.3 is 0 Å². The SMILES string of the molecule is C=C1C=C(O)c2ccc(C(C)(C)C)cc2O1. The summed E-state index contributed by atoms with van der Waals surface area (Å²) in [7, 11) is 0. The molecular formula is C14H16O2. The fourth-order valence-corrected chi connectivity index (χ4v) is 1.69. The highest BCUT2D eigenvalue weighted by molar-refractivity contribution is 5.69. The van der Waals surface area contributed by atoms with Crippen LogP contribution < -0.4 is 4.74 Å². The van der Waals surface area contributed by atoms with Crippen LogP contribution in [-0.4, -0.2) is 5.11 Å². The van der Waals surface area contributed by atoms with E-state index < -0.39 is 0 Å². The van der Waals surface area contributed by atoms with Crippen molar-refractivity contribution in [2.75, 3.05) is 0 Å². The number of ether oxygens (including phenoxy) is 1. The second-order valence-electron chi connectivity index (χ2n) is 5.06. The first-order valence-corrected chi connectivity index (χ1v) is 5.30. The van der Waals surface area contributed by atoms with Gasteiger partial charge in [0.25, 0.3) is 0 Å². The van der Waals surface area contributed by atoms with E-state index >= 15 is 0 Å². The zero-order valence-electron chi connectivity index (χ0n) is 9.87. The predicted molar refractivity (Wildman–Crippen MR) is 65.5 cm³/mol. The normalized spacial score (nSPS) is 15.2. The summed E-state index contributed by atoms with van der Waals surface area (Å²) in [6, 6.07) is 5.86. The standard InChI is InChI=1S/C14H16O2/c1-9-7-12(15)11-6-5-10(14(2,3)4)8-13(11)16-9/h5-8,15H,1H2,2-4H3. The van der Waals surface area contributed by atoms with Gasteiger partial charge in [0, 0.05) is 6.08 Å². The third-order valence-corrected chi connectivity index (χ3v) is 2.66. The summed E-state index contributed by atoms with van der Waals surface area (Å²) in [5, 5.41) is 9.75. The molecule has 1 N–H and O–H groups in total. The maximum Gasteiger partial charge on any atom is 0.138 e. The molecular weight excluding hydrogens is 200 g/mol. The molecule has 0 radical (unpaired) electrons. The molecule has 2 heteroatoms. The van der Waals surface area contributed by atoms with Crippen molar-refractivity contribution in [3.63, 3.8) is 0 Å². The average Bonchev–Trinajstić information content (AvgIpc) is 2.15. The molecule has 84 valence electrons. The van der Waals surface area contributed by atoms with Gasteiger partial charge < -0.3 is 9.84 Å². The third-order valence-electron chi connectivity index (χ3n) is 2.66. The lowest BCUT2D eigenvalue weighted by Crippen LogP contribution is -2.12. The van der Waals surface area contributed by atoms with Gasteiger partial charge in [0.15, 0.2) is 0 Å². The molecule has 0 saturated carbocycles. The van der Waals surface area contributed by atoms with Gasteiger partial charge in [-0.05, 0) is 23.1 Å². The monoisotopic (exact) mass is 216 g/mol. The van der Waals surface area contributed by atoms with Crippen molar-refractivity contribution < 1.29 is 9.84 Å². The Labute approximate surface area is 95.9 Å². The third kappa shape index (κ3) is 1.83. The highest BCUT2D eigenvalue weighted by atomic mass is 16.5. The second-order valence-corrected chi connectivity index (χ2v) is 5.06. The van der Waals surface area contributed by atoms with Crippen LogP contribution in [0.4, 0.5) is 0 Å². The van der Waals surface area contributed by atoms with Crippen molar-refractivity contribution in [1.82, 2.24) is 0 Å². The molecule has 0 fully saturated rings. The highest BCUT2D eigenvalue weighted by Crippen LogP contribution is 2.35. The zero-order valence-corrected chi connectivity index (χ0v) is 9.87. The lowest BCUT2D eigenvalue weighted by molar-refractivity contribution is 0.418. The molecule has 0 aliphatic carbocycles. The van der Waals surface area contributed by atoms with Crippen LogP contribution in [0, 0.1) is 0 Å². The molecule has 1 heterocycles. The lowest BCUT2D eigenvalue weighted by Gasteiger charge is -2.23. The Bertz CT molecular complexity index is 476. The van der Waals surface area contributed by atoms with Gasteiger partial charge in [-0.2, -0.15) is 0 Å². The molecule has 16 heavy (non-hydrogen) atoms. The number of allylic oxidation sites excluding steroid dienone is 1. The van der Waals surface area contributed by atoms with Crippen LogP contribution in [0.5, 0.6) is 5.75 Å². The Morgan fingerprint density at radius 1 is 1.25 bits per heavy atom. The van der Waals surface area contributed by atoms with E-state index in [1.54, 1.807) is 0 Å². The quantitative estimate of drug-likeness (QED) is 0.715. The summed E-state index contributed by atoms with van der Waals surface area (Å²) in [6.45, 7) is 10.1. The smallest absolute Gasteiger partial charge is 0.138 e. The number of hydrogen-bond donors (Lipinski definition) is 1. The van der Waals surface area contributed by atoms with Crippen molar-refractivity contribution >= 4 is 5.76 Å². The van der Waals surface area contributed by atoms with E-state index in [1.165, 1.54) is 11.6 Å². The predicted octanol–water partition coefficient (Wildman–Crippen LogP) is 3.79. The minimum absolute atomic E-state index is 0.0660. The number of fused-ring (bicyclic) bond motifs is 1. The van der Waals surface area contributed by atoms with Gasteiger partial charge in [-0.25, -0.2) is 0 Å². The summed E-state index contributed by atoms with van der Waals surface area (Å²) < 4.78 is 5.51. The van der Waals surface area contributed by atoms with E-state index in [9.17, 15) is 5.11 Å². The Morgan fingerprint density at radius 3 is 2.56 bits per heavy atom. The molecule has 1 aliphatic rings. The molecule has 2 rings (SSSR count). The first-order chi connectivity index (χ1) is 7.38. The molecule has 1 aromatic carbocycles. The Hall–Kier alpha value is -1.70. The second kappa shape index (κ2) is 3.41. The molecule has 0 spiro atoms. The fourth-order valence-electron chi connectivity index (χ4n) is 1.69. The molecule has 0 saturated heterocycles. The van der Waals surface area contributed by atoms with Crippen molar-refractivity contribution in [3.8, 4) is 5.75 Å². The minimum atomic E-state index is 0.0660. The number of hydrogen-bond acceptors (Lipinski definition) is 2. The minimum Gasteiger partial charge on any atom is -0.507 e. The van der Waals surface area contributed by atoms with Crippen molar-refractivity contribution in [1.29, 1.82) is 0 Å². The van der Waals surface area contributed by atoms with Gasteiger partial charge in [0.2, 0.25) is 0 Å². The molecule has 0 atom stereocenters. The lowest BCUT2D eigenvalue weighted by atomic mass is 9.86. The molecule has 1 aliphatic heterocycles. The van der Waals surface area contributed by atoms with Crippen molar-refractivity contribution in [2.45, 2.75) is 26.2 Å². The molecule has 0 unspecified atom stereocenters. The maximum absolute atomic E-state index is 9.75. The first kappa shape index (κ1) is 10.8. The van der Waals surface area contributed by atoms with Crippen molar-refractivity contribution in [2.24, 2.45) is 0 Å². The van der Waals surface area contributed by atoms with Crippen LogP contribution in [0.25, 0.3) is 5.76 Å². The van der Waals surface area contributed by atoms with Crippen LogP contribution in [0.1, 0.15) is 31.9 Å². The van der Waals surface area contributed by atoms with Crippen LogP contribution in [0.2, 0.25) is 0 Å². The number of rotatable bonds is 0. The summed E-state index contributed by atoms with van der Waals surface area (Å²) in [4.78, 5) is 0. The van der Waals surface area contributed by atoms with Gasteiger partial charge in [-0.1, -0.05) is 33.4 Å². The topological polar surface area (TPSA) is 29.5 Å². The molecule has 0 amide bonds. The van der Waals surface area contributed by atoms with Crippen LogP contribution in [0.3, 0.4) is 0 Å². The van der Waals surface area contributed by atoms with Crippen LogP contribution in [0.15, 0.2) is 36.6 Å². The number of aliphatic hydroxyl groups is 1. The fraction of sp³-hybridized carbons (Fsp3) is 0.286. The van der Waals surface area contributed by atoms with E-state index in [-0.39, 0.29) is 11.2 Å². The van der Waals surface area contributed by atoms with E-state index in [4.69, 9.17) is 4.74 Å². The van der Waals surface area contributed by atoms with E-state index in [2.05, 4.69) is 27.4 Å². The maximum atomic E-state index is 9.75. The molecule has 0 aromatic heterocycles. The summed E-state index contributed by atoms with van der Waals surface area (Å²) in [5.74, 6) is 1.36. The van der Waals surface area contributed by atoms with Crippen molar-refractivity contribution in [3.05, 3.63) is 47.7 Å². The summed E-state index contributed by atoms with van der Waals surface area (Å²) in [6.07, 6.45) is 1.53. The average molecular weight is 216 g/mol. The summed E-state index contributed by atoms with van der Waals surface area (Å²) in [5.41, 5.74) is 1.96. The van der Waals surface area contributed by atoms with Crippen LogP contribution >= 0.6 is 0 Å². The Kier molecular flexibility index (Phi) is 2.30. The number of aliphatic hydroxyl groups excluding tert-OH is 1. The number of benzene rings is 1. The van der Waals surface area contributed by atoms with Gasteiger partial charge in [-0.15, -0.1) is 0 Å². The van der Waals surface area contributed by atoms with E-state index in [0.717, 1.165) is 5.56 Å². The Morgan fingerprint density at radius 2 is 1.94 bits per heavy atom. The molecule has 1 aromatic rings. The Balaban J connectivity index is 2.53. The van der Waals surface area contributed by atoms with Gasteiger partial charge in [0.05, 0.1) is 5.56 Å². The zero-order chi connectivity index (χ0) is 11.9. The highest BCUT2D eigenvalue weighted by Gasteiger charge is 2.20. The van der Waals surface area contributed by atoms with Crippen LogP contribution in [-0.2, 0) is 5.41 Å². The van der Waals surface area contributed by atoms with Gasteiger partial charge in [-0.3, -0.25) is 0 Å². The van der Waals surface area contributed by atoms with Gasteiger partial charge in [0.1, 0.15) is 17.3 Å². The molecule has 2 nitrogen and oxygen atoms in total.